The fraction of sp³-hybridized carbons (Fsp3) is 0.519. The number of benzene rings is 2. The molecule has 0 unspecified atom stereocenters. The maximum Gasteiger partial charge on any atom is 0.416 e. The quantitative estimate of drug-likeness (QED) is 0.178. The molecule has 1 aliphatic rings. The normalized spacial score (nSPS) is 20.5. The molecule has 0 saturated heterocycles. The van der Waals surface area contributed by atoms with Gasteiger partial charge in [0.25, 0.3) is 0 Å². The first kappa shape index (κ1) is 29.1. The van der Waals surface area contributed by atoms with Crippen molar-refractivity contribution in [3.63, 3.8) is 0 Å². The zero-order chi connectivity index (χ0) is 27.3. The molecule has 2 aromatic rings. The van der Waals surface area contributed by atoms with E-state index in [2.05, 4.69) is 0 Å². The highest BCUT2D eigenvalue weighted by atomic mass is 32.2. The molecule has 2 aromatic carbocycles. The number of hydrogen-bond donors (Lipinski definition) is 0. The summed E-state index contributed by atoms with van der Waals surface area (Å²) in [5, 5.41) is 0. The maximum absolute atomic E-state index is 14.9. The van der Waals surface area contributed by atoms with Crippen molar-refractivity contribution in [1.82, 2.24) is 0 Å². The predicted octanol–water partition coefficient (Wildman–Crippen LogP) is 7.36. The highest BCUT2D eigenvalue weighted by molar-refractivity contribution is 7.92. The van der Waals surface area contributed by atoms with Gasteiger partial charge in [-0.25, -0.2) is 17.2 Å². The van der Waals surface area contributed by atoms with Gasteiger partial charge in [0, 0.05) is 12.0 Å². The number of sulfone groups is 1. The summed E-state index contributed by atoms with van der Waals surface area (Å²) in [6, 6.07) is 5.64. The van der Waals surface area contributed by atoms with Gasteiger partial charge in [0.05, 0.1) is 17.1 Å². The van der Waals surface area contributed by atoms with Gasteiger partial charge >= 0.3 is 12.1 Å². The van der Waals surface area contributed by atoms with Crippen LogP contribution in [0.4, 0.5) is 22.0 Å². The summed E-state index contributed by atoms with van der Waals surface area (Å²) >= 11 is 0. The highest BCUT2D eigenvalue weighted by Crippen LogP contribution is 2.50. The molecule has 1 saturated carbocycles. The number of hydrogen-bond acceptors (Lipinski definition) is 4. The Morgan fingerprint density at radius 3 is 2.27 bits per heavy atom. The molecule has 0 spiro atoms. The van der Waals surface area contributed by atoms with Gasteiger partial charge in [-0.05, 0) is 86.9 Å². The monoisotopic (exact) mass is 546 g/mol. The van der Waals surface area contributed by atoms with Crippen LogP contribution < -0.4 is 0 Å². The van der Waals surface area contributed by atoms with E-state index in [1.807, 2.05) is 6.92 Å². The Morgan fingerprint density at radius 1 is 1.03 bits per heavy atom. The Labute approximate surface area is 214 Å². The molecule has 0 atom stereocenters. The summed E-state index contributed by atoms with van der Waals surface area (Å²) in [5.41, 5.74) is -1.34. The Balaban J connectivity index is 1.84. The molecule has 10 heteroatoms. The maximum atomic E-state index is 14.9. The molecule has 4 nitrogen and oxygen atoms in total. The van der Waals surface area contributed by atoms with E-state index in [9.17, 15) is 35.2 Å². The Hall–Kier alpha value is -2.49. The van der Waals surface area contributed by atoms with E-state index in [4.69, 9.17) is 4.74 Å². The van der Waals surface area contributed by atoms with Gasteiger partial charge in [-0.3, -0.25) is 4.79 Å². The zero-order valence-electron chi connectivity index (χ0n) is 20.6. The van der Waals surface area contributed by atoms with Gasteiger partial charge in [0.1, 0.15) is 16.4 Å². The van der Waals surface area contributed by atoms with Crippen molar-refractivity contribution in [2.24, 2.45) is 5.92 Å². The van der Waals surface area contributed by atoms with Crippen molar-refractivity contribution in [1.29, 1.82) is 0 Å². The Morgan fingerprint density at radius 2 is 1.68 bits per heavy atom. The average molecular weight is 547 g/mol. The number of unbranched alkanes of at least 4 members (excludes halogenated alkanes) is 2. The van der Waals surface area contributed by atoms with E-state index in [-0.39, 0.29) is 36.7 Å². The topological polar surface area (TPSA) is 60.4 Å². The number of alkyl halides is 3. The number of esters is 1. The zero-order valence-corrected chi connectivity index (χ0v) is 21.4. The van der Waals surface area contributed by atoms with Crippen LogP contribution >= 0.6 is 0 Å². The second-order valence-corrected chi connectivity index (χ2v) is 11.8. The minimum atomic E-state index is -4.65. The van der Waals surface area contributed by atoms with Crippen LogP contribution in [0.1, 0.15) is 75.8 Å². The van der Waals surface area contributed by atoms with E-state index in [1.54, 1.807) is 0 Å². The first-order valence-corrected chi connectivity index (χ1v) is 13.9. The van der Waals surface area contributed by atoms with E-state index in [1.165, 1.54) is 0 Å². The van der Waals surface area contributed by atoms with Crippen LogP contribution in [0.15, 0.2) is 47.4 Å². The lowest BCUT2D eigenvalue weighted by Gasteiger charge is -2.40. The summed E-state index contributed by atoms with van der Waals surface area (Å²) in [7, 11) is -4.42. The number of ether oxygens (including phenoxy) is 1. The van der Waals surface area contributed by atoms with Crippen molar-refractivity contribution in [2.45, 2.75) is 80.5 Å². The third kappa shape index (κ3) is 6.69. The molecule has 1 aliphatic carbocycles. The number of carbonyl (C=O) groups excluding carboxylic acids is 1. The summed E-state index contributed by atoms with van der Waals surface area (Å²) < 4.78 is 99.2. The molecule has 0 aliphatic heterocycles. The molecule has 0 aromatic heterocycles. The SMILES string of the molecule is CCCCCOC(=O)CCC1CCC(c2cc(F)ccc2F)(S(=O)(=O)c2ccc(C(F)(F)F)cc2)CC1. The molecule has 3 rings (SSSR count). The highest BCUT2D eigenvalue weighted by Gasteiger charge is 2.50. The van der Waals surface area contributed by atoms with Crippen LogP contribution in [0.3, 0.4) is 0 Å². The smallest absolute Gasteiger partial charge is 0.416 e. The fourth-order valence-electron chi connectivity index (χ4n) is 4.94. The van der Waals surface area contributed by atoms with E-state index < -0.39 is 42.9 Å². The molecule has 0 bridgehead atoms. The first-order valence-electron chi connectivity index (χ1n) is 12.4. The van der Waals surface area contributed by atoms with E-state index in [0.29, 0.717) is 38.0 Å². The molecule has 204 valence electrons. The van der Waals surface area contributed by atoms with Crippen molar-refractivity contribution in [2.75, 3.05) is 6.61 Å². The minimum absolute atomic E-state index is 0.0317. The largest absolute Gasteiger partial charge is 0.466 e. The number of rotatable bonds is 10. The van der Waals surface area contributed by atoms with Crippen LogP contribution in [0.25, 0.3) is 0 Å². The molecule has 1 fully saturated rings. The first-order chi connectivity index (χ1) is 17.4. The summed E-state index contributed by atoms with van der Waals surface area (Å²) in [6.45, 7) is 2.39. The van der Waals surface area contributed by atoms with E-state index in [0.717, 1.165) is 49.6 Å². The van der Waals surface area contributed by atoms with Crippen LogP contribution in [0.5, 0.6) is 0 Å². The molecule has 37 heavy (non-hydrogen) atoms. The van der Waals surface area contributed by atoms with Gasteiger partial charge in [0.15, 0.2) is 9.84 Å². The third-order valence-electron chi connectivity index (χ3n) is 7.11. The van der Waals surface area contributed by atoms with E-state index >= 15 is 0 Å². The lowest BCUT2D eigenvalue weighted by molar-refractivity contribution is -0.144. The molecule has 0 radical (unpaired) electrons. The molecule has 0 N–H and O–H groups in total. The lowest BCUT2D eigenvalue weighted by atomic mass is 9.76. The summed E-state index contributed by atoms with van der Waals surface area (Å²) in [5.74, 6) is -2.07. The average Bonchev–Trinajstić information content (AvgIpc) is 2.86. The van der Waals surface area contributed by atoms with Gasteiger partial charge in [0.2, 0.25) is 0 Å². The van der Waals surface area contributed by atoms with Gasteiger partial charge < -0.3 is 4.74 Å². The standard InChI is InChI=1S/C27H31F5O4S/c1-2-3-4-17-36-25(33)12-5-19-13-15-26(16-14-19,23-18-21(28)8-11-24(23)29)37(34,35)22-9-6-20(7-10-22)27(30,31)32/h6-11,18-19H,2-5,12-17H2,1H3. The minimum Gasteiger partial charge on any atom is -0.466 e. The van der Waals surface area contributed by atoms with Crippen LogP contribution in [0.2, 0.25) is 0 Å². The number of carbonyl (C=O) groups is 1. The van der Waals surface area contributed by atoms with Crippen LogP contribution in [0, 0.1) is 17.6 Å². The van der Waals surface area contributed by atoms with Crippen molar-refractivity contribution >= 4 is 15.8 Å². The molecular weight excluding hydrogens is 515 g/mol. The van der Waals surface area contributed by atoms with Crippen molar-refractivity contribution in [3.05, 3.63) is 65.2 Å². The van der Waals surface area contributed by atoms with Gasteiger partial charge in [-0.1, -0.05) is 19.8 Å². The van der Waals surface area contributed by atoms with Crippen LogP contribution in [-0.2, 0) is 30.3 Å². The third-order valence-corrected chi connectivity index (χ3v) is 9.66. The second kappa shape index (κ2) is 11.9. The van der Waals surface area contributed by atoms with Gasteiger partial charge in [-0.15, -0.1) is 0 Å². The fourth-order valence-corrected chi connectivity index (χ4v) is 7.11. The predicted molar refractivity (Wildman–Crippen MR) is 128 cm³/mol. The lowest BCUT2D eigenvalue weighted by Crippen LogP contribution is -2.40. The molecule has 0 amide bonds. The molecule has 0 heterocycles. The van der Waals surface area contributed by atoms with Crippen LogP contribution in [-0.4, -0.2) is 21.0 Å². The van der Waals surface area contributed by atoms with Gasteiger partial charge in [-0.2, -0.15) is 13.2 Å². The van der Waals surface area contributed by atoms with Crippen molar-refractivity contribution in [3.8, 4) is 0 Å². The Bertz CT molecular complexity index is 1170. The molecular formula is C27H31F5O4S. The summed E-state index contributed by atoms with van der Waals surface area (Å²) in [6.07, 6.45) is -0.750. The van der Waals surface area contributed by atoms with Crippen molar-refractivity contribution < 1.29 is 39.9 Å². The summed E-state index contributed by atoms with van der Waals surface area (Å²) in [4.78, 5) is 11.6. The Kier molecular flexibility index (Phi) is 9.37. The second-order valence-electron chi connectivity index (χ2n) is 9.55. The number of halogens is 5.